The number of benzene rings is 2. The van der Waals surface area contributed by atoms with E-state index in [2.05, 4.69) is 16.4 Å². The van der Waals surface area contributed by atoms with Gasteiger partial charge in [-0.15, -0.1) is 15.6 Å². The molecule has 0 bridgehead atoms. The Hall–Kier alpha value is -2.76. The lowest BCUT2D eigenvalue weighted by atomic mass is 9.86. The van der Waals surface area contributed by atoms with Crippen molar-refractivity contribution in [1.29, 1.82) is 0 Å². The van der Waals surface area contributed by atoms with Crippen molar-refractivity contribution in [2.75, 3.05) is 9.62 Å². The van der Waals surface area contributed by atoms with E-state index in [1.54, 1.807) is 20.8 Å². The maximum atomic E-state index is 15.2. The number of anilines is 3. The third-order valence-corrected chi connectivity index (χ3v) is 7.28. The first-order valence-electron chi connectivity index (χ1n) is 10.6. The SMILES string of the molecule is CC(C)(C)OC(=O)N(c1cscn1)S(=O)(=O)c1cc(Cl)c(Nc2[c]cc(F)c(C(C)(C)C)c2)cc1F. The first-order valence-corrected chi connectivity index (χ1v) is 13.4. The molecular formula is C24H25ClF2N3O4S2. The second-order valence-corrected chi connectivity index (χ2v) is 12.7. The van der Waals surface area contributed by atoms with E-state index in [9.17, 15) is 17.6 Å². The van der Waals surface area contributed by atoms with Gasteiger partial charge in [-0.05, 0) is 49.9 Å². The number of rotatable bonds is 5. The Morgan fingerprint density at radius 1 is 1.14 bits per heavy atom. The molecule has 0 saturated heterocycles. The van der Waals surface area contributed by atoms with Crippen LogP contribution in [0.2, 0.25) is 5.02 Å². The number of halogens is 3. The molecule has 0 aliphatic rings. The molecule has 0 aliphatic heterocycles. The monoisotopic (exact) mass is 556 g/mol. The molecule has 36 heavy (non-hydrogen) atoms. The molecule has 1 aromatic heterocycles. The van der Waals surface area contributed by atoms with Crippen molar-refractivity contribution in [3.8, 4) is 0 Å². The highest BCUT2D eigenvalue weighted by atomic mass is 35.5. The van der Waals surface area contributed by atoms with Crippen LogP contribution < -0.4 is 9.62 Å². The van der Waals surface area contributed by atoms with Crippen LogP contribution in [0.25, 0.3) is 0 Å². The van der Waals surface area contributed by atoms with Crippen LogP contribution in [0.4, 0.5) is 30.8 Å². The quantitative estimate of drug-likeness (QED) is 0.362. The number of hydrogen-bond donors (Lipinski definition) is 1. The number of aromatic nitrogens is 1. The Balaban J connectivity index is 2.03. The van der Waals surface area contributed by atoms with Gasteiger partial charge in [-0.1, -0.05) is 32.4 Å². The van der Waals surface area contributed by atoms with E-state index in [4.69, 9.17) is 16.3 Å². The molecule has 1 heterocycles. The number of nitrogens with one attached hydrogen (secondary N) is 1. The first kappa shape index (κ1) is 27.8. The van der Waals surface area contributed by atoms with E-state index in [1.807, 2.05) is 20.8 Å². The zero-order chi connectivity index (χ0) is 27.1. The maximum Gasteiger partial charge on any atom is 0.430 e. The van der Waals surface area contributed by atoms with Gasteiger partial charge in [-0.3, -0.25) is 0 Å². The third kappa shape index (κ3) is 6.13. The molecule has 1 radical (unpaired) electrons. The first-order chi connectivity index (χ1) is 16.5. The number of carbonyl (C=O) groups is 1. The standard InChI is InChI=1S/C24H25ClF2N3O4S2/c1-23(2,3)15-9-14(7-8-17(15)26)29-19-11-18(27)20(10-16(19)25)36(32,33)30(21-12-35-13-28-21)22(31)34-24(4,5)6/h8-13,29H,1-6H3. The Bertz CT molecular complexity index is 1380. The van der Waals surface area contributed by atoms with Crippen LogP contribution in [0.5, 0.6) is 0 Å². The molecule has 0 atom stereocenters. The van der Waals surface area contributed by atoms with Crippen LogP contribution in [0.15, 0.2) is 40.1 Å². The van der Waals surface area contributed by atoms with Gasteiger partial charge in [0.05, 0.1) is 16.2 Å². The lowest BCUT2D eigenvalue weighted by Gasteiger charge is -2.26. The molecule has 3 rings (SSSR count). The van der Waals surface area contributed by atoms with Crippen molar-refractivity contribution in [3.05, 3.63) is 63.4 Å². The molecule has 7 nitrogen and oxygen atoms in total. The maximum absolute atomic E-state index is 15.2. The fourth-order valence-corrected chi connectivity index (χ4v) is 5.32. The van der Waals surface area contributed by atoms with E-state index < -0.39 is 43.7 Å². The van der Waals surface area contributed by atoms with Gasteiger partial charge >= 0.3 is 6.09 Å². The molecule has 1 N–H and O–H groups in total. The van der Waals surface area contributed by atoms with Gasteiger partial charge in [0.2, 0.25) is 0 Å². The van der Waals surface area contributed by atoms with Gasteiger partial charge in [0.15, 0.2) is 5.82 Å². The Kier molecular flexibility index (Phi) is 7.69. The van der Waals surface area contributed by atoms with Crippen LogP contribution in [-0.2, 0) is 20.2 Å². The second-order valence-electron chi connectivity index (χ2n) is 9.84. The minimum atomic E-state index is -4.81. The van der Waals surface area contributed by atoms with E-state index in [-0.39, 0.29) is 16.5 Å². The number of sulfonamides is 1. The summed E-state index contributed by atoms with van der Waals surface area (Å²) in [5, 5.41) is 3.99. The number of ether oxygens (including phenoxy) is 1. The van der Waals surface area contributed by atoms with Crippen molar-refractivity contribution in [2.24, 2.45) is 0 Å². The Morgan fingerprint density at radius 3 is 2.36 bits per heavy atom. The second kappa shape index (κ2) is 9.95. The Labute approximate surface area is 218 Å². The fourth-order valence-electron chi connectivity index (χ4n) is 3.11. The van der Waals surface area contributed by atoms with Gasteiger partial charge in [0, 0.05) is 23.2 Å². The normalized spacial score (nSPS) is 12.4. The van der Waals surface area contributed by atoms with Gasteiger partial charge < -0.3 is 10.1 Å². The molecule has 3 aromatic rings. The summed E-state index contributed by atoms with van der Waals surface area (Å²) in [7, 11) is -4.81. The summed E-state index contributed by atoms with van der Waals surface area (Å²) >= 11 is 7.35. The van der Waals surface area contributed by atoms with Gasteiger partial charge in [-0.25, -0.2) is 27.0 Å². The predicted molar refractivity (Wildman–Crippen MR) is 137 cm³/mol. The largest absolute Gasteiger partial charge is 0.443 e. The topological polar surface area (TPSA) is 88.6 Å². The van der Waals surface area contributed by atoms with E-state index in [1.165, 1.54) is 17.0 Å². The number of nitrogens with zero attached hydrogens (tertiary/aromatic N) is 2. The van der Waals surface area contributed by atoms with E-state index >= 15 is 4.39 Å². The number of thiazole rings is 1. The summed E-state index contributed by atoms with van der Waals surface area (Å²) in [6.07, 6.45) is -1.25. The molecule has 0 spiro atoms. The average molecular weight is 557 g/mol. The van der Waals surface area contributed by atoms with Gasteiger partial charge in [0.25, 0.3) is 10.0 Å². The van der Waals surface area contributed by atoms with Gasteiger partial charge in [-0.2, -0.15) is 0 Å². The number of hydrogen-bond acceptors (Lipinski definition) is 7. The molecule has 1 amide bonds. The highest BCUT2D eigenvalue weighted by molar-refractivity contribution is 7.93. The summed E-state index contributed by atoms with van der Waals surface area (Å²) in [5.74, 6) is -1.87. The van der Waals surface area contributed by atoms with Crippen LogP contribution in [0.1, 0.15) is 47.1 Å². The minimum Gasteiger partial charge on any atom is -0.443 e. The van der Waals surface area contributed by atoms with E-state index in [0.29, 0.717) is 15.6 Å². The smallest absolute Gasteiger partial charge is 0.430 e. The van der Waals surface area contributed by atoms with Crippen molar-refractivity contribution in [3.63, 3.8) is 0 Å². The van der Waals surface area contributed by atoms with E-state index in [0.717, 1.165) is 29.5 Å². The summed E-state index contributed by atoms with van der Waals surface area (Å²) < 4.78 is 61.8. The molecule has 0 unspecified atom stereocenters. The number of amides is 1. The Morgan fingerprint density at radius 2 is 1.81 bits per heavy atom. The van der Waals surface area contributed by atoms with Gasteiger partial charge in [0.1, 0.15) is 22.1 Å². The lowest BCUT2D eigenvalue weighted by molar-refractivity contribution is 0.0608. The average Bonchev–Trinajstić information content (AvgIpc) is 3.23. The minimum absolute atomic E-state index is 0.0216. The third-order valence-electron chi connectivity index (χ3n) is 4.70. The van der Waals surface area contributed by atoms with Crippen LogP contribution in [-0.4, -0.2) is 25.1 Å². The van der Waals surface area contributed by atoms with Crippen LogP contribution >= 0.6 is 22.9 Å². The summed E-state index contributed by atoms with van der Waals surface area (Å²) in [6, 6.07) is 7.12. The summed E-state index contributed by atoms with van der Waals surface area (Å²) in [5.41, 5.74) is 0.510. The van der Waals surface area contributed by atoms with Crippen LogP contribution in [0.3, 0.4) is 0 Å². The molecule has 0 saturated carbocycles. The highest BCUT2D eigenvalue weighted by Gasteiger charge is 2.38. The van der Waals surface area contributed by atoms with Crippen molar-refractivity contribution in [1.82, 2.24) is 4.98 Å². The highest BCUT2D eigenvalue weighted by Crippen LogP contribution is 2.35. The molecule has 0 fully saturated rings. The molecular weight excluding hydrogens is 532 g/mol. The van der Waals surface area contributed by atoms with Crippen LogP contribution in [0, 0.1) is 17.7 Å². The van der Waals surface area contributed by atoms with Crippen molar-refractivity contribution < 1.29 is 26.7 Å². The zero-order valence-corrected chi connectivity index (χ0v) is 22.8. The molecule has 0 aliphatic carbocycles. The summed E-state index contributed by atoms with van der Waals surface area (Å²) in [6.45, 7) is 10.2. The molecule has 12 heteroatoms. The molecule has 193 valence electrons. The summed E-state index contributed by atoms with van der Waals surface area (Å²) in [4.78, 5) is 15.8. The lowest BCUT2D eigenvalue weighted by Crippen LogP contribution is -2.41. The number of carbonyl (C=O) groups excluding carboxylic acids is 1. The molecule has 2 aromatic carbocycles. The van der Waals surface area contributed by atoms with Crippen molar-refractivity contribution >= 4 is 56.2 Å². The predicted octanol–water partition coefficient (Wildman–Crippen LogP) is 7.05. The van der Waals surface area contributed by atoms with Crippen molar-refractivity contribution in [2.45, 2.75) is 57.5 Å². The zero-order valence-electron chi connectivity index (χ0n) is 20.4. The fraction of sp³-hybridized carbons (Fsp3) is 0.333.